The standard InChI is InChI=1S/C18H27N3O3S.ClH/c1-14-6-8-17(9-7-14)25(23,24)21-11-3-4-15(13-21)18(22)20-16-5-2-10-19-12-16;/h6-9,15-16,19H,2-5,10-13H2,1H3,(H,20,22);1H/t15?,16-;/m0./s1. The number of piperidine rings is 2. The summed E-state index contributed by atoms with van der Waals surface area (Å²) in [7, 11) is -3.54. The maximum absolute atomic E-state index is 12.8. The van der Waals surface area contributed by atoms with Crippen molar-refractivity contribution >= 4 is 28.3 Å². The topological polar surface area (TPSA) is 78.5 Å². The van der Waals surface area contributed by atoms with Crippen LogP contribution in [-0.2, 0) is 14.8 Å². The van der Waals surface area contributed by atoms with Gasteiger partial charge >= 0.3 is 0 Å². The van der Waals surface area contributed by atoms with Crippen molar-refractivity contribution in [3.05, 3.63) is 29.8 Å². The number of benzene rings is 1. The van der Waals surface area contributed by atoms with Crippen LogP contribution in [0.25, 0.3) is 0 Å². The highest BCUT2D eigenvalue weighted by molar-refractivity contribution is 7.89. The summed E-state index contributed by atoms with van der Waals surface area (Å²) in [6.45, 7) is 4.47. The van der Waals surface area contributed by atoms with E-state index in [1.54, 1.807) is 24.3 Å². The van der Waals surface area contributed by atoms with Crippen LogP contribution in [0.15, 0.2) is 29.2 Å². The molecule has 3 rings (SSSR count). The third kappa shape index (κ3) is 4.97. The van der Waals surface area contributed by atoms with Gasteiger partial charge in [-0.3, -0.25) is 4.79 Å². The molecule has 2 aliphatic heterocycles. The number of sulfonamides is 1. The molecule has 2 saturated heterocycles. The lowest BCUT2D eigenvalue weighted by molar-refractivity contribution is -0.126. The van der Waals surface area contributed by atoms with Gasteiger partial charge in [-0.05, 0) is 51.3 Å². The molecule has 0 aromatic heterocycles. The monoisotopic (exact) mass is 401 g/mol. The zero-order valence-electron chi connectivity index (χ0n) is 15.1. The largest absolute Gasteiger partial charge is 0.352 e. The minimum absolute atomic E-state index is 0. The number of amides is 1. The average Bonchev–Trinajstić information content (AvgIpc) is 2.63. The summed E-state index contributed by atoms with van der Waals surface area (Å²) in [5, 5.41) is 6.37. The number of carbonyl (C=O) groups excluding carboxylic acids is 1. The van der Waals surface area contributed by atoms with Gasteiger partial charge in [-0.2, -0.15) is 4.31 Å². The van der Waals surface area contributed by atoms with E-state index >= 15 is 0 Å². The molecule has 0 bridgehead atoms. The zero-order valence-corrected chi connectivity index (χ0v) is 16.7. The van der Waals surface area contributed by atoms with Crippen molar-refractivity contribution in [2.24, 2.45) is 5.92 Å². The predicted molar refractivity (Wildman–Crippen MR) is 104 cm³/mol. The molecule has 146 valence electrons. The molecule has 8 heteroatoms. The van der Waals surface area contributed by atoms with E-state index < -0.39 is 10.0 Å². The van der Waals surface area contributed by atoms with Gasteiger partial charge in [0, 0.05) is 25.7 Å². The second kappa shape index (κ2) is 9.17. The average molecular weight is 402 g/mol. The predicted octanol–water partition coefficient (Wildman–Crippen LogP) is 1.69. The Hall–Kier alpha value is -1.15. The Morgan fingerprint density at radius 2 is 1.92 bits per heavy atom. The van der Waals surface area contributed by atoms with Crippen LogP contribution in [0, 0.1) is 12.8 Å². The fraction of sp³-hybridized carbons (Fsp3) is 0.611. The number of carbonyl (C=O) groups is 1. The summed E-state index contributed by atoms with van der Waals surface area (Å²) in [6.07, 6.45) is 3.50. The van der Waals surface area contributed by atoms with Gasteiger partial charge in [0.2, 0.25) is 15.9 Å². The number of halogens is 1. The van der Waals surface area contributed by atoms with E-state index in [1.165, 1.54) is 4.31 Å². The lowest BCUT2D eigenvalue weighted by Gasteiger charge is -2.33. The van der Waals surface area contributed by atoms with E-state index in [4.69, 9.17) is 0 Å². The van der Waals surface area contributed by atoms with E-state index in [-0.39, 0.29) is 36.8 Å². The lowest BCUT2D eigenvalue weighted by atomic mass is 9.97. The Morgan fingerprint density at radius 1 is 1.19 bits per heavy atom. The third-order valence-electron chi connectivity index (χ3n) is 5.06. The number of hydrogen-bond donors (Lipinski definition) is 2. The molecule has 2 fully saturated rings. The number of aryl methyl sites for hydroxylation is 1. The Morgan fingerprint density at radius 3 is 2.58 bits per heavy atom. The minimum atomic E-state index is -3.54. The number of nitrogens with zero attached hydrogens (tertiary/aromatic N) is 1. The Balaban J connectivity index is 0.00000243. The highest BCUT2D eigenvalue weighted by Gasteiger charge is 2.34. The van der Waals surface area contributed by atoms with Crippen LogP contribution in [-0.4, -0.2) is 50.9 Å². The molecular formula is C18H28ClN3O3S. The summed E-state index contributed by atoms with van der Waals surface area (Å²) in [6, 6.07) is 7.04. The molecule has 0 radical (unpaired) electrons. The van der Waals surface area contributed by atoms with Crippen LogP contribution in [0.2, 0.25) is 0 Å². The number of rotatable bonds is 4. The van der Waals surface area contributed by atoms with E-state index in [9.17, 15) is 13.2 Å². The fourth-order valence-electron chi connectivity index (χ4n) is 3.53. The van der Waals surface area contributed by atoms with Crippen molar-refractivity contribution in [1.29, 1.82) is 0 Å². The van der Waals surface area contributed by atoms with Gasteiger partial charge in [0.05, 0.1) is 10.8 Å². The van der Waals surface area contributed by atoms with Gasteiger partial charge in [0.1, 0.15) is 0 Å². The maximum Gasteiger partial charge on any atom is 0.243 e. The summed E-state index contributed by atoms with van der Waals surface area (Å²) in [4.78, 5) is 12.9. The molecule has 1 amide bonds. The Kier molecular flexibility index (Phi) is 7.46. The molecular weight excluding hydrogens is 374 g/mol. The Labute approximate surface area is 162 Å². The molecule has 26 heavy (non-hydrogen) atoms. The van der Waals surface area contributed by atoms with E-state index in [2.05, 4.69) is 10.6 Å². The molecule has 2 N–H and O–H groups in total. The first-order valence-electron chi connectivity index (χ1n) is 9.05. The van der Waals surface area contributed by atoms with Crippen LogP contribution in [0.5, 0.6) is 0 Å². The van der Waals surface area contributed by atoms with Crippen molar-refractivity contribution in [2.75, 3.05) is 26.2 Å². The van der Waals surface area contributed by atoms with Crippen molar-refractivity contribution < 1.29 is 13.2 Å². The molecule has 2 heterocycles. The van der Waals surface area contributed by atoms with Crippen molar-refractivity contribution in [1.82, 2.24) is 14.9 Å². The second-order valence-corrected chi connectivity index (χ2v) is 9.01. The van der Waals surface area contributed by atoms with Crippen LogP contribution >= 0.6 is 12.4 Å². The van der Waals surface area contributed by atoms with E-state index in [0.717, 1.165) is 37.9 Å². The molecule has 1 unspecified atom stereocenters. The molecule has 1 aromatic carbocycles. The van der Waals surface area contributed by atoms with Crippen molar-refractivity contribution in [3.8, 4) is 0 Å². The van der Waals surface area contributed by atoms with Crippen molar-refractivity contribution in [3.63, 3.8) is 0 Å². The zero-order chi connectivity index (χ0) is 17.9. The molecule has 1 aromatic rings. The normalized spacial score (nSPS) is 24.5. The van der Waals surface area contributed by atoms with Crippen LogP contribution < -0.4 is 10.6 Å². The first-order chi connectivity index (χ1) is 12.0. The van der Waals surface area contributed by atoms with Crippen LogP contribution in [0.4, 0.5) is 0 Å². The van der Waals surface area contributed by atoms with Crippen molar-refractivity contribution in [2.45, 2.75) is 43.5 Å². The Bertz CT molecular complexity index is 703. The highest BCUT2D eigenvalue weighted by atomic mass is 35.5. The van der Waals surface area contributed by atoms with Gasteiger partial charge in [-0.15, -0.1) is 12.4 Å². The second-order valence-electron chi connectivity index (χ2n) is 7.07. The van der Waals surface area contributed by atoms with Gasteiger partial charge < -0.3 is 10.6 Å². The number of hydrogen-bond acceptors (Lipinski definition) is 4. The molecule has 2 aliphatic rings. The smallest absolute Gasteiger partial charge is 0.243 e. The van der Waals surface area contributed by atoms with E-state index in [1.807, 2.05) is 6.92 Å². The van der Waals surface area contributed by atoms with E-state index in [0.29, 0.717) is 17.9 Å². The summed E-state index contributed by atoms with van der Waals surface area (Å²) in [5.74, 6) is -0.284. The molecule has 0 spiro atoms. The SMILES string of the molecule is Cc1ccc(S(=O)(=O)N2CCCC(C(=O)N[C@H]3CCCNC3)C2)cc1.Cl. The van der Waals surface area contributed by atoms with Gasteiger partial charge in [0.15, 0.2) is 0 Å². The summed E-state index contributed by atoms with van der Waals surface area (Å²) in [5.41, 5.74) is 1.02. The molecule has 6 nitrogen and oxygen atoms in total. The van der Waals surface area contributed by atoms with Gasteiger partial charge in [-0.25, -0.2) is 8.42 Å². The minimum Gasteiger partial charge on any atom is -0.352 e. The summed E-state index contributed by atoms with van der Waals surface area (Å²) >= 11 is 0. The highest BCUT2D eigenvalue weighted by Crippen LogP contribution is 2.24. The van der Waals surface area contributed by atoms with Crippen LogP contribution in [0.1, 0.15) is 31.2 Å². The first-order valence-corrected chi connectivity index (χ1v) is 10.5. The maximum atomic E-state index is 12.8. The molecule has 0 aliphatic carbocycles. The van der Waals surface area contributed by atoms with Crippen LogP contribution in [0.3, 0.4) is 0 Å². The quantitative estimate of drug-likeness (QED) is 0.804. The fourth-order valence-corrected chi connectivity index (χ4v) is 5.05. The summed E-state index contributed by atoms with van der Waals surface area (Å²) < 4.78 is 27.1. The third-order valence-corrected chi connectivity index (χ3v) is 6.94. The lowest BCUT2D eigenvalue weighted by Crippen LogP contribution is -2.51. The number of nitrogens with one attached hydrogen (secondary N) is 2. The van der Waals surface area contributed by atoms with Gasteiger partial charge in [-0.1, -0.05) is 17.7 Å². The molecule has 2 atom stereocenters. The molecule has 0 saturated carbocycles. The van der Waals surface area contributed by atoms with Gasteiger partial charge in [0.25, 0.3) is 0 Å². The first kappa shape index (κ1) is 21.2.